The van der Waals surface area contributed by atoms with Gasteiger partial charge in [-0.15, -0.1) is 0 Å². The molecular formula is C27H30N2O3. The molecule has 3 heterocycles. The maximum Gasteiger partial charge on any atom is 0.259 e. The number of furan rings is 1. The van der Waals surface area contributed by atoms with E-state index in [0.717, 1.165) is 48.0 Å². The number of hydrogen-bond donors (Lipinski definition) is 1. The third kappa shape index (κ3) is 4.17. The maximum atomic E-state index is 13.0. The molecule has 0 saturated carbocycles. The summed E-state index contributed by atoms with van der Waals surface area (Å²) < 4.78 is 11.7. The Morgan fingerprint density at radius 1 is 1.25 bits per heavy atom. The van der Waals surface area contributed by atoms with Gasteiger partial charge in [-0.1, -0.05) is 31.6 Å². The van der Waals surface area contributed by atoms with Gasteiger partial charge in [-0.2, -0.15) is 0 Å². The third-order valence-electron chi connectivity index (χ3n) is 6.59. The number of fused-ring (bicyclic) bond motifs is 2. The number of anilines is 1. The minimum Gasteiger partial charge on any atom is -0.493 e. The second-order valence-corrected chi connectivity index (χ2v) is 8.74. The van der Waals surface area contributed by atoms with Crippen LogP contribution < -0.4 is 10.1 Å². The van der Waals surface area contributed by atoms with Crippen LogP contribution in [0.3, 0.4) is 0 Å². The second kappa shape index (κ2) is 9.21. The number of benzene rings is 2. The van der Waals surface area contributed by atoms with Crippen molar-refractivity contribution in [1.29, 1.82) is 0 Å². The summed E-state index contributed by atoms with van der Waals surface area (Å²) in [5.74, 6) is 0.456. The molecule has 0 spiro atoms. The summed E-state index contributed by atoms with van der Waals surface area (Å²) in [5.41, 5.74) is 4.65. The zero-order valence-electron chi connectivity index (χ0n) is 18.6. The van der Waals surface area contributed by atoms with Gasteiger partial charge in [-0.25, -0.2) is 0 Å². The summed E-state index contributed by atoms with van der Waals surface area (Å²) >= 11 is 0. The van der Waals surface area contributed by atoms with E-state index in [1.807, 2.05) is 42.7 Å². The van der Waals surface area contributed by atoms with Gasteiger partial charge in [0.1, 0.15) is 11.3 Å². The van der Waals surface area contributed by atoms with Crippen molar-refractivity contribution in [2.75, 3.05) is 25.0 Å². The van der Waals surface area contributed by atoms with Crippen LogP contribution in [0.1, 0.15) is 54.9 Å². The lowest BCUT2D eigenvalue weighted by Crippen LogP contribution is -2.32. The quantitative estimate of drug-likeness (QED) is 0.459. The molecule has 5 heteroatoms. The first-order chi connectivity index (χ1) is 15.7. The van der Waals surface area contributed by atoms with E-state index in [2.05, 4.69) is 23.2 Å². The number of carbonyl (C=O) groups is 1. The summed E-state index contributed by atoms with van der Waals surface area (Å²) in [5, 5.41) is 4.10. The first kappa shape index (κ1) is 20.8. The Bertz CT molecular complexity index is 1150. The number of ether oxygens (including phenoxy) is 1. The van der Waals surface area contributed by atoms with Gasteiger partial charge in [-0.05, 0) is 68.1 Å². The van der Waals surface area contributed by atoms with Crippen molar-refractivity contribution in [3.8, 4) is 5.75 Å². The number of para-hydroxylation sites is 1. The highest BCUT2D eigenvalue weighted by molar-refractivity contribution is 6.07. The fourth-order valence-corrected chi connectivity index (χ4v) is 4.81. The lowest BCUT2D eigenvalue weighted by Gasteiger charge is -2.28. The fourth-order valence-electron chi connectivity index (χ4n) is 4.81. The molecule has 0 bridgehead atoms. The molecule has 0 radical (unpaired) electrons. The predicted octanol–water partition coefficient (Wildman–Crippen LogP) is 6.12. The molecule has 2 aliphatic heterocycles. The number of hydrogen-bond acceptors (Lipinski definition) is 4. The Hall–Kier alpha value is -3.05. The zero-order chi connectivity index (χ0) is 21.9. The van der Waals surface area contributed by atoms with Crippen molar-refractivity contribution < 1.29 is 13.9 Å². The molecule has 1 unspecified atom stereocenters. The van der Waals surface area contributed by atoms with Crippen LogP contribution in [0.2, 0.25) is 0 Å². The largest absolute Gasteiger partial charge is 0.493 e. The van der Waals surface area contributed by atoms with Crippen LogP contribution in [0.4, 0.5) is 5.69 Å². The Kier molecular flexibility index (Phi) is 5.99. The first-order valence-electron chi connectivity index (χ1n) is 11.7. The lowest BCUT2D eigenvalue weighted by atomic mass is 9.94. The third-order valence-corrected chi connectivity index (χ3v) is 6.59. The van der Waals surface area contributed by atoms with Gasteiger partial charge in [0.25, 0.3) is 5.91 Å². The molecule has 32 heavy (non-hydrogen) atoms. The molecule has 2 aliphatic rings. The summed E-state index contributed by atoms with van der Waals surface area (Å²) in [6, 6.07) is 13.9. The van der Waals surface area contributed by atoms with Crippen LogP contribution in [0, 0.1) is 0 Å². The molecule has 1 amide bonds. The smallest absolute Gasteiger partial charge is 0.259 e. The highest BCUT2D eigenvalue weighted by Crippen LogP contribution is 2.37. The van der Waals surface area contributed by atoms with Gasteiger partial charge >= 0.3 is 0 Å². The number of nitrogens with one attached hydrogen (secondary N) is 1. The number of nitrogens with zero attached hydrogens (tertiary/aromatic N) is 1. The summed E-state index contributed by atoms with van der Waals surface area (Å²) in [7, 11) is 0. The van der Waals surface area contributed by atoms with E-state index in [1.165, 1.54) is 25.0 Å². The Labute approximate surface area is 189 Å². The van der Waals surface area contributed by atoms with E-state index < -0.39 is 0 Å². The van der Waals surface area contributed by atoms with Crippen molar-refractivity contribution in [2.45, 2.75) is 45.1 Å². The van der Waals surface area contributed by atoms with E-state index in [1.54, 1.807) is 6.07 Å². The van der Waals surface area contributed by atoms with E-state index in [4.69, 9.17) is 9.15 Å². The minimum atomic E-state index is -0.167. The van der Waals surface area contributed by atoms with E-state index in [-0.39, 0.29) is 5.91 Å². The van der Waals surface area contributed by atoms with Crippen LogP contribution in [-0.4, -0.2) is 36.5 Å². The summed E-state index contributed by atoms with van der Waals surface area (Å²) in [6.07, 6.45) is 9.84. The molecular weight excluding hydrogens is 400 g/mol. The normalized spacial score (nSPS) is 18.4. The average molecular weight is 431 g/mol. The van der Waals surface area contributed by atoms with Crippen LogP contribution in [0.25, 0.3) is 16.5 Å². The van der Waals surface area contributed by atoms with E-state index >= 15 is 0 Å². The van der Waals surface area contributed by atoms with Crippen molar-refractivity contribution in [3.05, 3.63) is 65.9 Å². The first-order valence-corrected chi connectivity index (χ1v) is 11.7. The molecule has 1 saturated heterocycles. The van der Waals surface area contributed by atoms with Gasteiger partial charge in [0.2, 0.25) is 0 Å². The molecule has 0 aliphatic carbocycles. The topological polar surface area (TPSA) is 54.7 Å². The van der Waals surface area contributed by atoms with Gasteiger partial charge in [0.05, 0.1) is 18.4 Å². The Morgan fingerprint density at radius 3 is 3.06 bits per heavy atom. The molecule has 5 rings (SSSR count). The molecule has 2 aromatic carbocycles. The van der Waals surface area contributed by atoms with Gasteiger partial charge in [0, 0.05) is 29.2 Å². The lowest BCUT2D eigenvalue weighted by molar-refractivity contribution is 0.102. The summed E-state index contributed by atoms with van der Waals surface area (Å²) in [4.78, 5) is 15.6. The van der Waals surface area contributed by atoms with Crippen LogP contribution in [-0.2, 0) is 0 Å². The zero-order valence-corrected chi connectivity index (χ0v) is 18.6. The van der Waals surface area contributed by atoms with Crippen LogP contribution in [0.15, 0.2) is 59.2 Å². The number of amides is 1. The fraction of sp³-hybridized carbons (Fsp3) is 0.370. The number of rotatable bonds is 7. The van der Waals surface area contributed by atoms with Gasteiger partial charge in [0.15, 0.2) is 0 Å². The standard InChI is InChI=1S/C27H30N2O3/c1-2-3-15-31-25-9-5-4-8-22(25)27(30)28-20-10-11-26-23(17-20)24(18-32-26)19-12-14-29-13-6-7-21(29)16-19/h4-5,8-12,17-18,21H,2-3,6-7,13-16H2,1H3,(H,28,30). The molecule has 1 aromatic heterocycles. The maximum absolute atomic E-state index is 13.0. The van der Waals surface area contributed by atoms with E-state index in [9.17, 15) is 4.79 Å². The number of carbonyl (C=O) groups excluding carboxylic acids is 1. The molecule has 1 atom stereocenters. The highest BCUT2D eigenvalue weighted by atomic mass is 16.5. The second-order valence-electron chi connectivity index (χ2n) is 8.74. The SMILES string of the molecule is CCCCOc1ccccc1C(=O)Nc1ccc2occ(C3=CCN4CCCC4C3)c2c1. The summed E-state index contributed by atoms with van der Waals surface area (Å²) in [6.45, 7) is 4.95. The molecule has 1 fully saturated rings. The number of unbranched alkanes of at least 4 members (excludes halogenated alkanes) is 1. The molecule has 3 aromatic rings. The van der Waals surface area contributed by atoms with Crippen molar-refractivity contribution in [2.24, 2.45) is 0 Å². The molecule has 1 N–H and O–H groups in total. The predicted molar refractivity (Wildman–Crippen MR) is 128 cm³/mol. The monoisotopic (exact) mass is 430 g/mol. The van der Waals surface area contributed by atoms with Crippen molar-refractivity contribution >= 4 is 28.1 Å². The Morgan fingerprint density at radius 2 is 2.16 bits per heavy atom. The molecule has 166 valence electrons. The van der Waals surface area contributed by atoms with Crippen molar-refractivity contribution in [3.63, 3.8) is 0 Å². The minimum absolute atomic E-state index is 0.167. The molecule has 5 nitrogen and oxygen atoms in total. The van der Waals surface area contributed by atoms with Crippen molar-refractivity contribution in [1.82, 2.24) is 4.90 Å². The van der Waals surface area contributed by atoms with E-state index in [0.29, 0.717) is 24.0 Å². The van der Waals surface area contributed by atoms with Gasteiger partial charge < -0.3 is 14.5 Å². The highest BCUT2D eigenvalue weighted by Gasteiger charge is 2.29. The van der Waals surface area contributed by atoms with Crippen LogP contribution in [0.5, 0.6) is 5.75 Å². The van der Waals surface area contributed by atoms with Crippen LogP contribution >= 0.6 is 0 Å². The van der Waals surface area contributed by atoms with Gasteiger partial charge in [-0.3, -0.25) is 9.69 Å². The average Bonchev–Trinajstić information content (AvgIpc) is 3.45. The Balaban J connectivity index is 1.37.